The van der Waals surface area contributed by atoms with E-state index in [0.29, 0.717) is 15.7 Å². The Hall–Kier alpha value is -2.38. The summed E-state index contributed by atoms with van der Waals surface area (Å²) >= 11 is 11.7. The molecule has 0 aliphatic rings. The van der Waals surface area contributed by atoms with Gasteiger partial charge in [-0.25, -0.2) is 4.79 Å². The lowest BCUT2D eigenvalue weighted by atomic mass is 10.2. The summed E-state index contributed by atoms with van der Waals surface area (Å²) in [4.78, 5) is 24.3. The standard InChI is InChI=1S/C17H13Cl2F2NO4/c1-9(15(23)22-12-7-10(18)6-11(19)8-12)25-16(24)13-4-2-3-5-14(13)26-17(20)21/h2-9,17H,1H3,(H,22,23)/t9-/m0/s1. The summed E-state index contributed by atoms with van der Waals surface area (Å²) in [5.74, 6) is -1.97. The molecule has 1 N–H and O–H groups in total. The van der Waals surface area contributed by atoms with Gasteiger partial charge in [0.05, 0.1) is 0 Å². The van der Waals surface area contributed by atoms with E-state index in [1.807, 2.05) is 0 Å². The molecule has 2 rings (SSSR count). The highest BCUT2D eigenvalue weighted by Crippen LogP contribution is 2.24. The summed E-state index contributed by atoms with van der Waals surface area (Å²) in [6.45, 7) is -1.77. The second-order valence-electron chi connectivity index (χ2n) is 5.07. The van der Waals surface area contributed by atoms with Crippen LogP contribution in [0.5, 0.6) is 5.75 Å². The lowest BCUT2D eigenvalue weighted by Gasteiger charge is -2.15. The van der Waals surface area contributed by atoms with Crippen molar-refractivity contribution in [2.24, 2.45) is 0 Å². The molecule has 138 valence electrons. The number of ether oxygens (including phenoxy) is 2. The maximum atomic E-state index is 12.4. The molecule has 0 spiro atoms. The SMILES string of the molecule is C[C@H](OC(=O)c1ccccc1OC(F)F)C(=O)Nc1cc(Cl)cc(Cl)c1. The smallest absolute Gasteiger partial charge is 0.387 e. The summed E-state index contributed by atoms with van der Waals surface area (Å²) in [5.41, 5.74) is 0.0927. The van der Waals surface area contributed by atoms with Gasteiger partial charge < -0.3 is 14.8 Å². The number of anilines is 1. The van der Waals surface area contributed by atoms with E-state index in [1.165, 1.54) is 49.4 Å². The molecule has 1 amide bonds. The zero-order valence-corrected chi connectivity index (χ0v) is 14.9. The molecule has 0 heterocycles. The van der Waals surface area contributed by atoms with Gasteiger partial charge in [-0.2, -0.15) is 8.78 Å². The Kier molecular flexibility index (Phi) is 6.76. The third-order valence-electron chi connectivity index (χ3n) is 3.11. The number of rotatable bonds is 6. The van der Waals surface area contributed by atoms with Crippen LogP contribution in [0.2, 0.25) is 10.0 Å². The van der Waals surface area contributed by atoms with Crippen molar-refractivity contribution in [2.75, 3.05) is 5.32 Å². The first-order valence-corrected chi connectivity index (χ1v) is 8.03. The van der Waals surface area contributed by atoms with Crippen LogP contribution in [-0.4, -0.2) is 24.6 Å². The molecule has 1 atom stereocenters. The van der Waals surface area contributed by atoms with Crippen molar-refractivity contribution in [2.45, 2.75) is 19.6 Å². The molecule has 0 aliphatic heterocycles. The van der Waals surface area contributed by atoms with Crippen molar-refractivity contribution in [3.05, 3.63) is 58.1 Å². The lowest BCUT2D eigenvalue weighted by molar-refractivity contribution is -0.123. The molecular formula is C17H13Cl2F2NO4. The molecule has 5 nitrogen and oxygen atoms in total. The maximum Gasteiger partial charge on any atom is 0.387 e. The van der Waals surface area contributed by atoms with Gasteiger partial charge in [-0.15, -0.1) is 0 Å². The number of esters is 1. The molecule has 0 saturated carbocycles. The number of carbonyl (C=O) groups excluding carboxylic acids is 2. The van der Waals surface area contributed by atoms with Crippen LogP contribution in [0.3, 0.4) is 0 Å². The monoisotopic (exact) mass is 403 g/mol. The van der Waals surface area contributed by atoms with Gasteiger partial charge in [0.2, 0.25) is 0 Å². The Morgan fingerprint density at radius 2 is 1.69 bits per heavy atom. The van der Waals surface area contributed by atoms with E-state index in [9.17, 15) is 18.4 Å². The van der Waals surface area contributed by atoms with Crippen molar-refractivity contribution >= 4 is 40.8 Å². The van der Waals surface area contributed by atoms with Crippen LogP contribution < -0.4 is 10.1 Å². The lowest BCUT2D eigenvalue weighted by Crippen LogP contribution is -2.30. The van der Waals surface area contributed by atoms with Crippen molar-refractivity contribution in [3.8, 4) is 5.75 Å². The average Bonchev–Trinajstić information content (AvgIpc) is 2.53. The van der Waals surface area contributed by atoms with Crippen molar-refractivity contribution < 1.29 is 27.8 Å². The Morgan fingerprint density at radius 3 is 2.31 bits per heavy atom. The van der Waals surface area contributed by atoms with Crippen molar-refractivity contribution in [1.29, 1.82) is 0 Å². The van der Waals surface area contributed by atoms with E-state index < -0.39 is 24.6 Å². The molecule has 26 heavy (non-hydrogen) atoms. The Balaban J connectivity index is 2.05. The minimum atomic E-state index is -3.10. The fourth-order valence-electron chi connectivity index (χ4n) is 1.98. The van der Waals surface area contributed by atoms with Crippen LogP contribution >= 0.6 is 23.2 Å². The van der Waals surface area contributed by atoms with Gasteiger partial charge in [0.1, 0.15) is 11.3 Å². The van der Waals surface area contributed by atoms with Gasteiger partial charge in [0.25, 0.3) is 5.91 Å². The first-order valence-electron chi connectivity index (χ1n) is 7.28. The van der Waals surface area contributed by atoms with Crippen LogP contribution in [0.4, 0.5) is 14.5 Å². The van der Waals surface area contributed by atoms with Gasteiger partial charge in [0, 0.05) is 15.7 Å². The molecule has 0 aliphatic carbocycles. The molecule has 9 heteroatoms. The fraction of sp³-hybridized carbons (Fsp3) is 0.176. The molecular weight excluding hydrogens is 391 g/mol. The van der Waals surface area contributed by atoms with Crippen molar-refractivity contribution in [1.82, 2.24) is 0 Å². The summed E-state index contributed by atoms with van der Waals surface area (Å²) < 4.78 is 34.1. The van der Waals surface area contributed by atoms with Crippen LogP contribution in [0.15, 0.2) is 42.5 Å². The minimum Gasteiger partial charge on any atom is -0.449 e. The highest BCUT2D eigenvalue weighted by Gasteiger charge is 2.22. The Bertz CT molecular complexity index is 797. The third kappa shape index (κ3) is 5.57. The molecule has 0 bridgehead atoms. The number of alkyl halides is 2. The van der Waals surface area contributed by atoms with Crippen LogP contribution in [0.25, 0.3) is 0 Å². The van der Waals surface area contributed by atoms with Gasteiger partial charge in [0.15, 0.2) is 6.10 Å². The minimum absolute atomic E-state index is 0.224. The first-order chi connectivity index (χ1) is 12.3. The molecule has 2 aromatic carbocycles. The van der Waals surface area contributed by atoms with E-state index in [4.69, 9.17) is 27.9 Å². The number of amides is 1. The molecule has 0 aromatic heterocycles. The highest BCUT2D eigenvalue weighted by atomic mass is 35.5. The van der Waals surface area contributed by atoms with E-state index in [1.54, 1.807) is 0 Å². The van der Waals surface area contributed by atoms with Gasteiger partial charge in [-0.05, 0) is 37.3 Å². The second-order valence-corrected chi connectivity index (χ2v) is 5.94. The predicted octanol–water partition coefficient (Wildman–Crippen LogP) is 4.78. The van der Waals surface area contributed by atoms with E-state index in [0.717, 1.165) is 0 Å². The predicted molar refractivity (Wildman–Crippen MR) is 93.0 cm³/mol. The number of carbonyl (C=O) groups is 2. The van der Waals surface area contributed by atoms with Gasteiger partial charge in [-0.3, -0.25) is 4.79 Å². The zero-order valence-electron chi connectivity index (χ0n) is 13.3. The number of halogens is 4. The largest absolute Gasteiger partial charge is 0.449 e. The van der Waals surface area contributed by atoms with Crippen LogP contribution in [0, 0.1) is 0 Å². The average molecular weight is 404 g/mol. The van der Waals surface area contributed by atoms with Crippen LogP contribution in [-0.2, 0) is 9.53 Å². The van der Waals surface area contributed by atoms with Gasteiger partial charge in [-0.1, -0.05) is 35.3 Å². The van der Waals surface area contributed by atoms with E-state index >= 15 is 0 Å². The Morgan fingerprint density at radius 1 is 1.08 bits per heavy atom. The topological polar surface area (TPSA) is 64.6 Å². The summed E-state index contributed by atoms with van der Waals surface area (Å²) in [6, 6.07) is 9.74. The van der Waals surface area contributed by atoms with E-state index in [2.05, 4.69) is 10.1 Å². The third-order valence-corrected chi connectivity index (χ3v) is 3.54. The molecule has 0 radical (unpaired) electrons. The molecule has 2 aromatic rings. The van der Waals surface area contributed by atoms with Crippen molar-refractivity contribution in [3.63, 3.8) is 0 Å². The number of hydrogen-bond acceptors (Lipinski definition) is 4. The van der Waals surface area contributed by atoms with Gasteiger partial charge >= 0.3 is 12.6 Å². The maximum absolute atomic E-state index is 12.4. The highest BCUT2D eigenvalue weighted by molar-refractivity contribution is 6.35. The first kappa shape index (κ1) is 19.9. The second kappa shape index (κ2) is 8.82. The quantitative estimate of drug-likeness (QED) is 0.704. The van der Waals surface area contributed by atoms with Crippen LogP contribution in [0.1, 0.15) is 17.3 Å². The summed E-state index contributed by atoms with van der Waals surface area (Å²) in [6.07, 6.45) is -1.21. The number of hydrogen-bond donors (Lipinski definition) is 1. The zero-order chi connectivity index (χ0) is 19.3. The molecule has 0 fully saturated rings. The fourth-order valence-corrected chi connectivity index (χ4v) is 2.51. The normalized spacial score (nSPS) is 11.8. The summed E-state index contributed by atoms with van der Waals surface area (Å²) in [5, 5.41) is 3.12. The van der Waals surface area contributed by atoms with E-state index in [-0.39, 0.29) is 11.3 Å². The number of benzene rings is 2. The number of nitrogens with one attached hydrogen (secondary N) is 1. The Labute approximate surface area is 157 Å². The summed E-state index contributed by atoms with van der Waals surface area (Å²) in [7, 11) is 0. The number of para-hydroxylation sites is 1. The molecule has 0 saturated heterocycles. The molecule has 0 unspecified atom stereocenters.